The Balaban J connectivity index is 1.58. The quantitative estimate of drug-likeness (QED) is 0.770. The molecular formula is C15H20N4O2S. The van der Waals surface area contributed by atoms with Gasteiger partial charge >= 0.3 is 0 Å². The van der Waals surface area contributed by atoms with Gasteiger partial charge in [0.2, 0.25) is 11.8 Å². The van der Waals surface area contributed by atoms with Gasteiger partial charge in [-0.15, -0.1) is 10.2 Å². The van der Waals surface area contributed by atoms with E-state index < -0.39 is 5.41 Å². The van der Waals surface area contributed by atoms with E-state index in [2.05, 4.69) is 14.8 Å². The molecule has 1 atom stereocenters. The second kappa shape index (κ2) is 5.37. The van der Waals surface area contributed by atoms with Crippen molar-refractivity contribution in [2.24, 2.45) is 5.41 Å². The van der Waals surface area contributed by atoms with Gasteiger partial charge < -0.3 is 4.57 Å². The van der Waals surface area contributed by atoms with E-state index in [1.165, 1.54) is 11.3 Å². The van der Waals surface area contributed by atoms with Crippen LogP contribution in [0, 0.1) is 5.41 Å². The number of aromatic nitrogens is 3. The Morgan fingerprint density at radius 1 is 1.18 bits per heavy atom. The minimum absolute atomic E-state index is 0.00784. The Bertz CT molecular complexity index is 621. The highest BCUT2D eigenvalue weighted by Gasteiger charge is 2.53. The van der Waals surface area contributed by atoms with E-state index in [1.54, 1.807) is 11.8 Å². The number of hydrogen-bond donors (Lipinski definition) is 0. The van der Waals surface area contributed by atoms with Crippen LogP contribution in [0.15, 0.2) is 0 Å². The van der Waals surface area contributed by atoms with Gasteiger partial charge in [0.25, 0.3) is 0 Å². The van der Waals surface area contributed by atoms with Crippen LogP contribution in [0.2, 0.25) is 0 Å². The molecular weight excluding hydrogens is 300 g/mol. The van der Waals surface area contributed by atoms with Gasteiger partial charge in [0.05, 0.1) is 12.0 Å². The monoisotopic (exact) mass is 320 g/mol. The topological polar surface area (TPSA) is 68.1 Å². The molecule has 1 aromatic rings. The molecule has 3 aliphatic heterocycles. The lowest BCUT2D eigenvalue weighted by molar-refractivity contribution is -0.141. The van der Waals surface area contributed by atoms with Gasteiger partial charge in [-0.3, -0.25) is 14.5 Å². The maximum atomic E-state index is 12.7. The summed E-state index contributed by atoms with van der Waals surface area (Å²) in [5.41, 5.74) is -0.427. The first-order valence-corrected chi connectivity index (χ1v) is 9.19. The van der Waals surface area contributed by atoms with Crippen LogP contribution in [-0.2, 0) is 29.1 Å². The van der Waals surface area contributed by atoms with Crippen molar-refractivity contribution in [1.29, 1.82) is 0 Å². The highest BCUT2D eigenvalue weighted by atomic mass is 32.2. The van der Waals surface area contributed by atoms with Gasteiger partial charge in [0, 0.05) is 25.1 Å². The largest absolute Gasteiger partial charge is 0.313 e. The molecule has 2 amide bonds. The van der Waals surface area contributed by atoms with Crippen molar-refractivity contribution in [2.45, 2.75) is 51.6 Å². The number of thioether (sulfide) groups is 1. The summed E-state index contributed by atoms with van der Waals surface area (Å²) in [5, 5.41) is 8.51. The zero-order valence-electron chi connectivity index (χ0n) is 12.6. The molecule has 0 saturated carbocycles. The molecule has 2 fully saturated rings. The van der Waals surface area contributed by atoms with Crippen LogP contribution in [0.3, 0.4) is 0 Å². The number of hydrogen-bond acceptors (Lipinski definition) is 5. The highest BCUT2D eigenvalue weighted by molar-refractivity contribution is 7.99. The number of fused-ring (bicyclic) bond motifs is 1. The second-order valence-corrected chi connectivity index (χ2v) is 7.64. The van der Waals surface area contributed by atoms with Gasteiger partial charge in [0.15, 0.2) is 5.82 Å². The minimum Gasteiger partial charge on any atom is -0.313 e. The third-order valence-electron chi connectivity index (χ3n) is 5.08. The summed E-state index contributed by atoms with van der Waals surface area (Å²) in [5.74, 6) is 3.49. The Labute approximate surface area is 133 Å². The van der Waals surface area contributed by atoms with Crippen LogP contribution in [-0.4, -0.2) is 43.0 Å². The fourth-order valence-electron chi connectivity index (χ4n) is 3.74. The van der Waals surface area contributed by atoms with Crippen LogP contribution in [0.4, 0.5) is 0 Å². The molecule has 6 nitrogen and oxygen atoms in total. The maximum Gasteiger partial charge on any atom is 0.237 e. The average Bonchev–Trinajstić information content (AvgIpc) is 3.12. The molecule has 1 unspecified atom stereocenters. The van der Waals surface area contributed by atoms with Crippen molar-refractivity contribution < 1.29 is 9.59 Å². The van der Waals surface area contributed by atoms with Crippen molar-refractivity contribution in [1.82, 2.24) is 19.7 Å². The first-order valence-electron chi connectivity index (χ1n) is 8.03. The van der Waals surface area contributed by atoms with Crippen LogP contribution in [0.1, 0.15) is 43.8 Å². The third kappa shape index (κ3) is 2.17. The van der Waals surface area contributed by atoms with Crippen LogP contribution < -0.4 is 0 Å². The van der Waals surface area contributed by atoms with Crippen LogP contribution in [0.25, 0.3) is 0 Å². The van der Waals surface area contributed by atoms with Crippen molar-refractivity contribution >= 4 is 23.6 Å². The summed E-state index contributed by atoms with van der Waals surface area (Å²) in [6.45, 7) is 1.19. The van der Waals surface area contributed by atoms with Crippen LogP contribution >= 0.6 is 11.8 Å². The Morgan fingerprint density at radius 2 is 2.09 bits per heavy atom. The third-order valence-corrected chi connectivity index (χ3v) is 6.33. The zero-order chi connectivity index (χ0) is 15.2. The lowest BCUT2D eigenvalue weighted by Gasteiger charge is -2.20. The predicted molar refractivity (Wildman–Crippen MR) is 82.1 cm³/mol. The molecule has 2 saturated heterocycles. The summed E-state index contributed by atoms with van der Waals surface area (Å²) >= 11 is 1.78. The molecule has 7 heteroatoms. The Kier molecular flexibility index (Phi) is 3.47. The molecule has 0 aromatic carbocycles. The van der Waals surface area contributed by atoms with Crippen molar-refractivity contribution in [3.8, 4) is 0 Å². The number of aryl methyl sites for hydroxylation is 1. The van der Waals surface area contributed by atoms with Gasteiger partial charge in [-0.2, -0.15) is 11.8 Å². The molecule has 118 valence electrons. The number of imide groups is 1. The number of amides is 2. The molecule has 3 aliphatic rings. The number of carbonyl (C=O) groups is 2. The van der Waals surface area contributed by atoms with E-state index in [1.807, 2.05) is 0 Å². The fraction of sp³-hybridized carbons (Fsp3) is 0.733. The standard InChI is InChI=1S/C15H20N4O2S/c20-13-8-15(5-7-22-10-15)14(21)19(13)9-12-17-16-11-4-2-1-3-6-18(11)12/h1-10H2. The Hall–Kier alpha value is -1.37. The van der Waals surface area contributed by atoms with Gasteiger partial charge in [0.1, 0.15) is 5.82 Å². The lowest BCUT2D eigenvalue weighted by atomic mass is 9.86. The summed E-state index contributed by atoms with van der Waals surface area (Å²) in [6.07, 6.45) is 5.59. The van der Waals surface area contributed by atoms with Gasteiger partial charge in [-0.1, -0.05) is 6.42 Å². The van der Waals surface area contributed by atoms with E-state index in [0.717, 1.165) is 55.4 Å². The zero-order valence-corrected chi connectivity index (χ0v) is 13.4. The minimum atomic E-state index is -0.427. The first-order chi connectivity index (χ1) is 10.7. The molecule has 4 rings (SSSR count). The number of nitrogens with zero attached hydrogens (tertiary/aromatic N) is 4. The molecule has 0 N–H and O–H groups in total. The lowest BCUT2D eigenvalue weighted by Crippen LogP contribution is -2.36. The number of carbonyl (C=O) groups excluding carboxylic acids is 2. The predicted octanol–water partition coefficient (Wildman–Crippen LogP) is 1.39. The average molecular weight is 320 g/mol. The van der Waals surface area contributed by atoms with E-state index in [-0.39, 0.29) is 18.4 Å². The van der Waals surface area contributed by atoms with E-state index >= 15 is 0 Å². The molecule has 0 bridgehead atoms. The summed E-state index contributed by atoms with van der Waals surface area (Å²) in [6, 6.07) is 0. The van der Waals surface area contributed by atoms with E-state index in [0.29, 0.717) is 6.42 Å². The second-order valence-electron chi connectivity index (χ2n) is 6.54. The summed E-state index contributed by atoms with van der Waals surface area (Å²) < 4.78 is 2.11. The molecule has 4 heterocycles. The first kappa shape index (κ1) is 14.2. The molecule has 1 spiro atoms. The fourth-order valence-corrected chi connectivity index (χ4v) is 5.18. The summed E-state index contributed by atoms with van der Waals surface area (Å²) in [4.78, 5) is 26.5. The van der Waals surface area contributed by atoms with Crippen molar-refractivity contribution in [3.05, 3.63) is 11.6 Å². The number of likely N-dealkylation sites (tertiary alicyclic amines) is 1. The SMILES string of the molecule is O=C1CC2(CCSC2)C(=O)N1Cc1nnc2n1CCCCC2. The summed E-state index contributed by atoms with van der Waals surface area (Å²) in [7, 11) is 0. The highest BCUT2D eigenvalue weighted by Crippen LogP contribution is 2.45. The van der Waals surface area contributed by atoms with Crippen molar-refractivity contribution in [2.75, 3.05) is 11.5 Å². The van der Waals surface area contributed by atoms with Crippen molar-refractivity contribution in [3.63, 3.8) is 0 Å². The maximum absolute atomic E-state index is 12.7. The van der Waals surface area contributed by atoms with E-state index in [4.69, 9.17) is 0 Å². The van der Waals surface area contributed by atoms with Gasteiger partial charge in [-0.05, 0) is 25.0 Å². The number of rotatable bonds is 2. The molecule has 1 aromatic heterocycles. The molecule has 0 aliphatic carbocycles. The normalized spacial score (nSPS) is 28.5. The molecule has 22 heavy (non-hydrogen) atoms. The van der Waals surface area contributed by atoms with E-state index in [9.17, 15) is 9.59 Å². The van der Waals surface area contributed by atoms with Gasteiger partial charge in [-0.25, -0.2) is 0 Å². The Morgan fingerprint density at radius 3 is 2.91 bits per heavy atom. The van der Waals surface area contributed by atoms with Crippen LogP contribution in [0.5, 0.6) is 0 Å². The smallest absolute Gasteiger partial charge is 0.237 e. The molecule has 0 radical (unpaired) electrons.